The normalized spacial score (nSPS) is 16.2. The van der Waals surface area contributed by atoms with Crippen LogP contribution in [0.3, 0.4) is 0 Å². The fraction of sp³-hybridized carbons (Fsp3) is 0.190. The van der Waals surface area contributed by atoms with Crippen LogP contribution in [0.4, 0.5) is 13.2 Å². The number of thiocarbonyl (C=S) groups is 1. The third-order valence-electron chi connectivity index (χ3n) is 4.70. The molecule has 0 radical (unpaired) electrons. The second kappa shape index (κ2) is 7.91. The molecule has 0 spiro atoms. The zero-order valence-electron chi connectivity index (χ0n) is 16.2. The van der Waals surface area contributed by atoms with Crippen LogP contribution in [0.5, 0.6) is 0 Å². The Morgan fingerprint density at radius 2 is 1.90 bits per heavy atom. The summed E-state index contributed by atoms with van der Waals surface area (Å²) >= 11 is 5.02. The van der Waals surface area contributed by atoms with Gasteiger partial charge in [-0.25, -0.2) is 0 Å². The first kappa shape index (κ1) is 21.5. The molecule has 0 aliphatic carbocycles. The van der Waals surface area contributed by atoms with E-state index in [1.807, 2.05) is 0 Å². The lowest BCUT2D eigenvalue weighted by atomic mass is 10.1. The Labute approximate surface area is 176 Å². The van der Waals surface area contributed by atoms with Crippen LogP contribution >= 0.6 is 12.2 Å². The second-order valence-corrected chi connectivity index (χ2v) is 7.12. The van der Waals surface area contributed by atoms with Crippen molar-refractivity contribution in [2.75, 3.05) is 6.54 Å². The van der Waals surface area contributed by atoms with Gasteiger partial charge in [-0.05, 0) is 62.0 Å². The van der Waals surface area contributed by atoms with Gasteiger partial charge in [-0.2, -0.15) is 13.2 Å². The number of amides is 2. The fourth-order valence-corrected chi connectivity index (χ4v) is 3.55. The van der Waals surface area contributed by atoms with Crippen molar-refractivity contribution in [2.45, 2.75) is 20.0 Å². The van der Waals surface area contributed by atoms with E-state index in [0.717, 1.165) is 12.1 Å². The van der Waals surface area contributed by atoms with E-state index in [1.54, 1.807) is 30.5 Å². The van der Waals surface area contributed by atoms with E-state index < -0.39 is 23.6 Å². The number of carbonyl (C=O) groups excluding carboxylic acids is 2. The molecule has 2 amide bonds. The summed E-state index contributed by atoms with van der Waals surface area (Å²) in [5.41, 5.74) is 1.23. The highest BCUT2D eigenvalue weighted by Crippen LogP contribution is 2.32. The molecule has 1 fully saturated rings. The maximum absolute atomic E-state index is 13.1. The molecule has 2 heterocycles. The number of aryl methyl sites for hydroxylation is 1. The predicted molar refractivity (Wildman–Crippen MR) is 111 cm³/mol. The lowest BCUT2D eigenvalue weighted by Gasteiger charge is -2.27. The first-order valence-corrected chi connectivity index (χ1v) is 9.31. The fourth-order valence-electron chi connectivity index (χ4n) is 3.30. The van der Waals surface area contributed by atoms with Crippen molar-refractivity contribution < 1.29 is 22.8 Å². The number of rotatable bonds is 4. The predicted octanol–water partition coefficient (Wildman–Crippen LogP) is 3.93. The number of carbonyl (C=O) groups is 2. The molecule has 0 saturated carbocycles. The molecule has 3 rings (SSSR count). The molecule has 1 aliphatic rings. The maximum Gasteiger partial charge on any atom is 0.416 e. The Kier molecular flexibility index (Phi) is 5.67. The summed E-state index contributed by atoms with van der Waals surface area (Å²) < 4.78 is 40.9. The Morgan fingerprint density at radius 1 is 1.20 bits per heavy atom. The first-order chi connectivity index (χ1) is 14.0. The number of hydrogen-bond donors (Lipinski definition) is 1. The smallest absolute Gasteiger partial charge is 0.318 e. The van der Waals surface area contributed by atoms with Crippen molar-refractivity contribution in [3.63, 3.8) is 0 Å². The summed E-state index contributed by atoms with van der Waals surface area (Å²) in [4.78, 5) is 26.2. The Morgan fingerprint density at radius 3 is 2.53 bits per heavy atom. The van der Waals surface area contributed by atoms with Crippen LogP contribution in [0.25, 0.3) is 11.8 Å². The first-order valence-electron chi connectivity index (χ1n) is 8.91. The highest BCUT2D eigenvalue weighted by atomic mass is 32.1. The molecule has 0 bridgehead atoms. The van der Waals surface area contributed by atoms with E-state index in [9.17, 15) is 22.8 Å². The Balaban J connectivity index is 2.06. The summed E-state index contributed by atoms with van der Waals surface area (Å²) in [6, 6.07) is 6.66. The average molecular weight is 433 g/mol. The third-order valence-corrected chi connectivity index (χ3v) is 5.02. The summed E-state index contributed by atoms with van der Waals surface area (Å²) in [6.07, 6.45) is -1.56. The van der Waals surface area contributed by atoms with Gasteiger partial charge in [0.25, 0.3) is 11.8 Å². The van der Waals surface area contributed by atoms with Gasteiger partial charge in [0.15, 0.2) is 5.11 Å². The quantitative estimate of drug-likeness (QED) is 0.344. The van der Waals surface area contributed by atoms with Gasteiger partial charge >= 0.3 is 6.18 Å². The molecule has 1 aromatic carbocycles. The summed E-state index contributed by atoms with van der Waals surface area (Å²) in [5, 5.41) is 2.46. The van der Waals surface area contributed by atoms with Crippen LogP contribution in [0, 0.1) is 13.8 Å². The van der Waals surface area contributed by atoms with Gasteiger partial charge in [0.1, 0.15) is 5.57 Å². The van der Waals surface area contributed by atoms with Crippen molar-refractivity contribution in [3.8, 4) is 5.69 Å². The molecule has 1 aromatic heterocycles. The number of alkyl halides is 3. The van der Waals surface area contributed by atoms with Gasteiger partial charge in [-0.15, -0.1) is 6.58 Å². The summed E-state index contributed by atoms with van der Waals surface area (Å²) in [6.45, 7) is 7.15. The molecule has 1 N–H and O–H groups in total. The zero-order valence-corrected chi connectivity index (χ0v) is 17.0. The molecule has 2 aromatic rings. The van der Waals surface area contributed by atoms with E-state index in [4.69, 9.17) is 12.2 Å². The molecule has 1 aliphatic heterocycles. The number of aromatic nitrogens is 1. The second-order valence-electron chi connectivity index (χ2n) is 6.73. The van der Waals surface area contributed by atoms with Crippen molar-refractivity contribution in [1.29, 1.82) is 0 Å². The molecule has 156 valence electrons. The van der Waals surface area contributed by atoms with Gasteiger partial charge in [0.05, 0.1) is 5.56 Å². The molecule has 1 saturated heterocycles. The standard InChI is InChI=1S/C21H18F3N3O2S/c1-4-8-26-19(29)17(18(28)25-20(26)30)10-14-9-12(2)27(13(14)3)16-7-5-6-15(11-16)21(22,23)24/h4-7,9-11H,1,8H2,2-3H3,(H,25,28,30)/b17-10+. The van der Waals surface area contributed by atoms with Gasteiger partial charge in [0.2, 0.25) is 0 Å². The highest BCUT2D eigenvalue weighted by molar-refractivity contribution is 7.80. The number of halogens is 3. The van der Waals surface area contributed by atoms with Crippen molar-refractivity contribution in [1.82, 2.24) is 14.8 Å². The van der Waals surface area contributed by atoms with E-state index in [0.29, 0.717) is 22.6 Å². The number of benzene rings is 1. The van der Waals surface area contributed by atoms with Crippen molar-refractivity contribution >= 4 is 35.2 Å². The molecular weight excluding hydrogens is 415 g/mol. The van der Waals surface area contributed by atoms with Gasteiger partial charge in [-0.3, -0.25) is 19.8 Å². The minimum atomic E-state index is -4.46. The van der Waals surface area contributed by atoms with Gasteiger partial charge in [0, 0.05) is 23.6 Å². The van der Waals surface area contributed by atoms with Crippen LogP contribution in [0.2, 0.25) is 0 Å². The lowest BCUT2D eigenvalue weighted by Crippen LogP contribution is -2.53. The summed E-state index contributed by atoms with van der Waals surface area (Å²) in [7, 11) is 0. The molecule has 9 heteroatoms. The number of nitrogens with one attached hydrogen (secondary N) is 1. The van der Waals surface area contributed by atoms with Crippen LogP contribution in [0.15, 0.2) is 48.6 Å². The summed E-state index contributed by atoms with van der Waals surface area (Å²) in [5.74, 6) is -1.19. The topological polar surface area (TPSA) is 54.3 Å². The van der Waals surface area contributed by atoms with E-state index >= 15 is 0 Å². The minimum Gasteiger partial charge on any atom is -0.318 e. The van der Waals surface area contributed by atoms with Crippen LogP contribution in [-0.2, 0) is 15.8 Å². The Bertz CT molecular complexity index is 1100. The molecule has 0 unspecified atom stereocenters. The lowest BCUT2D eigenvalue weighted by molar-refractivity contribution is -0.137. The molecular formula is C21H18F3N3O2S. The Hall–Kier alpha value is -3.20. The van der Waals surface area contributed by atoms with Gasteiger partial charge in [-0.1, -0.05) is 12.1 Å². The van der Waals surface area contributed by atoms with Crippen LogP contribution in [0.1, 0.15) is 22.5 Å². The number of nitrogens with zero attached hydrogens (tertiary/aromatic N) is 2. The molecule has 0 atom stereocenters. The minimum absolute atomic E-state index is 0.00325. The zero-order chi connectivity index (χ0) is 22.2. The SMILES string of the molecule is C=CCN1C(=O)/C(=C/c2cc(C)n(-c3cccc(C(F)(F)F)c3)c2C)C(=O)NC1=S. The molecule has 5 nitrogen and oxygen atoms in total. The maximum atomic E-state index is 13.1. The highest BCUT2D eigenvalue weighted by Gasteiger charge is 2.33. The third kappa shape index (κ3) is 3.93. The van der Waals surface area contributed by atoms with E-state index in [2.05, 4.69) is 11.9 Å². The number of hydrogen-bond acceptors (Lipinski definition) is 3. The van der Waals surface area contributed by atoms with Crippen LogP contribution < -0.4 is 5.32 Å². The largest absolute Gasteiger partial charge is 0.416 e. The van der Waals surface area contributed by atoms with Crippen LogP contribution in [-0.4, -0.2) is 32.9 Å². The van der Waals surface area contributed by atoms with Gasteiger partial charge < -0.3 is 4.57 Å². The van der Waals surface area contributed by atoms with E-state index in [1.165, 1.54) is 23.1 Å². The average Bonchev–Trinajstić information content (AvgIpc) is 2.95. The monoisotopic (exact) mass is 433 g/mol. The van der Waals surface area contributed by atoms with Crippen molar-refractivity contribution in [3.05, 3.63) is 71.1 Å². The molecule has 30 heavy (non-hydrogen) atoms. The van der Waals surface area contributed by atoms with Crippen molar-refractivity contribution in [2.24, 2.45) is 0 Å². The van der Waals surface area contributed by atoms with E-state index in [-0.39, 0.29) is 17.2 Å².